The van der Waals surface area contributed by atoms with E-state index in [1.54, 1.807) is 16.6 Å². The molecule has 4 nitrogen and oxygen atoms in total. The Morgan fingerprint density at radius 2 is 2.20 bits per heavy atom. The average Bonchev–Trinajstić information content (AvgIpc) is 2.85. The van der Waals surface area contributed by atoms with Gasteiger partial charge in [-0.3, -0.25) is 0 Å². The van der Waals surface area contributed by atoms with Crippen molar-refractivity contribution in [2.45, 2.75) is 13.5 Å². The van der Waals surface area contributed by atoms with Crippen molar-refractivity contribution < 1.29 is 4.39 Å². The molecule has 0 radical (unpaired) electrons. The number of rotatable bonds is 3. The van der Waals surface area contributed by atoms with Crippen molar-refractivity contribution in [2.75, 3.05) is 5.32 Å². The summed E-state index contributed by atoms with van der Waals surface area (Å²) in [6.45, 7) is 2.46. The summed E-state index contributed by atoms with van der Waals surface area (Å²) < 4.78 is 14.8. The van der Waals surface area contributed by atoms with Crippen molar-refractivity contribution in [1.29, 1.82) is 0 Å². The number of fused-ring (bicyclic) bond motifs is 1. The highest BCUT2D eigenvalue weighted by Crippen LogP contribution is 2.17. The van der Waals surface area contributed by atoms with Gasteiger partial charge in [-0.1, -0.05) is 23.7 Å². The van der Waals surface area contributed by atoms with E-state index in [9.17, 15) is 4.39 Å². The van der Waals surface area contributed by atoms with Crippen LogP contribution >= 0.6 is 11.6 Å². The minimum absolute atomic E-state index is 0.114. The summed E-state index contributed by atoms with van der Waals surface area (Å²) in [4.78, 5) is 4.40. The van der Waals surface area contributed by atoms with Crippen LogP contribution in [0.5, 0.6) is 0 Å². The fourth-order valence-electron chi connectivity index (χ4n) is 1.95. The summed E-state index contributed by atoms with van der Waals surface area (Å²) in [5.74, 6) is 0.108. The standard InChI is InChI=1S/C14H12ClFN4/c1-9-3-2-6-20-13(9)18-14(19-20)17-8-10-4-5-12(16)11(15)7-10/h2-7H,8H2,1H3,(H,17,19). The number of hydrogen-bond acceptors (Lipinski definition) is 3. The number of aromatic nitrogens is 3. The van der Waals surface area contributed by atoms with E-state index in [0.717, 1.165) is 16.8 Å². The molecule has 0 amide bonds. The Kier molecular flexibility index (Phi) is 3.28. The molecule has 0 atom stereocenters. The van der Waals surface area contributed by atoms with Crippen LogP contribution in [0.2, 0.25) is 5.02 Å². The van der Waals surface area contributed by atoms with Crippen molar-refractivity contribution >= 4 is 23.2 Å². The van der Waals surface area contributed by atoms with Crippen LogP contribution in [0.1, 0.15) is 11.1 Å². The first-order valence-electron chi connectivity index (χ1n) is 6.13. The molecule has 0 aliphatic carbocycles. The third-order valence-corrected chi connectivity index (χ3v) is 3.28. The van der Waals surface area contributed by atoms with E-state index in [1.165, 1.54) is 6.07 Å². The van der Waals surface area contributed by atoms with Crippen LogP contribution in [0.25, 0.3) is 5.65 Å². The lowest BCUT2D eigenvalue weighted by atomic mass is 10.2. The molecule has 0 aliphatic rings. The molecule has 2 heterocycles. The number of hydrogen-bond donors (Lipinski definition) is 1. The van der Waals surface area contributed by atoms with Gasteiger partial charge in [-0.25, -0.2) is 8.91 Å². The second-order valence-electron chi connectivity index (χ2n) is 4.50. The zero-order valence-corrected chi connectivity index (χ0v) is 11.5. The van der Waals surface area contributed by atoms with Crippen molar-refractivity contribution in [2.24, 2.45) is 0 Å². The summed E-state index contributed by atoms with van der Waals surface area (Å²) in [5.41, 5.74) is 2.73. The van der Waals surface area contributed by atoms with Crippen LogP contribution in [0.15, 0.2) is 36.5 Å². The summed E-state index contributed by atoms with van der Waals surface area (Å²) in [7, 11) is 0. The minimum Gasteiger partial charge on any atom is -0.349 e. The fraction of sp³-hybridized carbons (Fsp3) is 0.143. The van der Waals surface area contributed by atoms with Crippen LogP contribution in [0, 0.1) is 12.7 Å². The SMILES string of the molecule is Cc1cccn2nc(NCc3ccc(F)c(Cl)c3)nc12. The van der Waals surface area contributed by atoms with Crippen LogP contribution in [0.4, 0.5) is 10.3 Å². The Morgan fingerprint density at radius 3 is 2.95 bits per heavy atom. The summed E-state index contributed by atoms with van der Waals surface area (Å²) >= 11 is 5.74. The van der Waals surface area contributed by atoms with Gasteiger partial charge < -0.3 is 5.32 Å². The van der Waals surface area contributed by atoms with Gasteiger partial charge in [0.2, 0.25) is 5.95 Å². The smallest absolute Gasteiger partial charge is 0.243 e. The molecule has 20 heavy (non-hydrogen) atoms. The Labute approximate surface area is 120 Å². The second-order valence-corrected chi connectivity index (χ2v) is 4.90. The van der Waals surface area contributed by atoms with E-state index in [4.69, 9.17) is 11.6 Å². The molecule has 0 saturated carbocycles. The lowest BCUT2D eigenvalue weighted by Crippen LogP contribution is -2.01. The quantitative estimate of drug-likeness (QED) is 0.803. The van der Waals surface area contributed by atoms with Crippen LogP contribution in [-0.4, -0.2) is 14.6 Å². The maximum Gasteiger partial charge on any atom is 0.243 e. The Morgan fingerprint density at radius 1 is 1.35 bits per heavy atom. The molecule has 0 spiro atoms. The number of nitrogens with one attached hydrogen (secondary N) is 1. The number of nitrogens with zero attached hydrogens (tertiary/aromatic N) is 3. The van der Waals surface area contributed by atoms with Gasteiger partial charge in [0, 0.05) is 12.7 Å². The van der Waals surface area contributed by atoms with Crippen LogP contribution in [-0.2, 0) is 6.54 Å². The third kappa shape index (κ3) is 2.44. The zero-order chi connectivity index (χ0) is 14.1. The molecular formula is C14H12ClFN4. The molecule has 3 rings (SSSR count). The van der Waals surface area contributed by atoms with E-state index in [2.05, 4.69) is 15.4 Å². The minimum atomic E-state index is -0.420. The topological polar surface area (TPSA) is 42.2 Å². The van der Waals surface area contributed by atoms with E-state index in [-0.39, 0.29) is 5.02 Å². The Balaban J connectivity index is 1.79. The van der Waals surface area contributed by atoms with Gasteiger partial charge in [0.05, 0.1) is 5.02 Å². The number of benzene rings is 1. The Bertz CT molecular complexity index is 769. The highest BCUT2D eigenvalue weighted by molar-refractivity contribution is 6.30. The normalized spacial score (nSPS) is 10.9. The predicted octanol–water partition coefficient (Wildman–Crippen LogP) is 3.44. The van der Waals surface area contributed by atoms with Crippen molar-refractivity contribution in [1.82, 2.24) is 14.6 Å². The maximum absolute atomic E-state index is 13.1. The van der Waals surface area contributed by atoms with Gasteiger partial charge in [-0.05, 0) is 36.2 Å². The molecule has 2 aromatic heterocycles. The first kappa shape index (κ1) is 12.9. The molecule has 1 aromatic carbocycles. The van der Waals surface area contributed by atoms with Gasteiger partial charge in [0.15, 0.2) is 5.65 Å². The van der Waals surface area contributed by atoms with E-state index in [0.29, 0.717) is 12.5 Å². The van der Waals surface area contributed by atoms with E-state index >= 15 is 0 Å². The lowest BCUT2D eigenvalue weighted by Gasteiger charge is -2.03. The van der Waals surface area contributed by atoms with E-state index in [1.807, 2.05) is 25.3 Å². The van der Waals surface area contributed by atoms with Gasteiger partial charge in [-0.2, -0.15) is 4.98 Å². The van der Waals surface area contributed by atoms with Gasteiger partial charge in [-0.15, -0.1) is 5.10 Å². The second kappa shape index (κ2) is 5.09. The molecule has 0 aliphatic heterocycles. The molecule has 3 aromatic rings. The van der Waals surface area contributed by atoms with Gasteiger partial charge in [0.1, 0.15) is 5.82 Å². The number of halogens is 2. The molecule has 0 fully saturated rings. The first-order chi connectivity index (χ1) is 9.63. The largest absolute Gasteiger partial charge is 0.349 e. The molecule has 0 unspecified atom stereocenters. The van der Waals surface area contributed by atoms with Crippen molar-refractivity contribution in [3.63, 3.8) is 0 Å². The first-order valence-corrected chi connectivity index (χ1v) is 6.51. The van der Waals surface area contributed by atoms with Gasteiger partial charge >= 0.3 is 0 Å². The van der Waals surface area contributed by atoms with Crippen molar-refractivity contribution in [3.05, 3.63) is 58.5 Å². The summed E-state index contributed by atoms with van der Waals surface area (Å²) in [6, 6.07) is 8.51. The number of aryl methyl sites for hydroxylation is 1. The monoisotopic (exact) mass is 290 g/mol. The Hall–Kier alpha value is -2.14. The highest BCUT2D eigenvalue weighted by atomic mass is 35.5. The molecule has 102 valence electrons. The van der Waals surface area contributed by atoms with E-state index < -0.39 is 5.82 Å². The molecule has 0 saturated heterocycles. The predicted molar refractivity (Wildman–Crippen MR) is 76.5 cm³/mol. The molecular weight excluding hydrogens is 279 g/mol. The summed E-state index contributed by atoms with van der Waals surface area (Å²) in [5, 5.41) is 7.53. The molecule has 6 heteroatoms. The molecule has 0 bridgehead atoms. The molecule has 1 N–H and O–H groups in total. The van der Waals surface area contributed by atoms with Crippen molar-refractivity contribution in [3.8, 4) is 0 Å². The third-order valence-electron chi connectivity index (χ3n) is 2.99. The number of pyridine rings is 1. The lowest BCUT2D eigenvalue weighted by molar-refractivity contribution is 0.627. The van der Waals surface area contributed by atoms with Crippen LogP contribution < -0.4 is 5.32 Å². The van der Waals surface area contributed by atoms with Crippen LogP contribution in [0.3, 0.4) is 0 Å². The maximum atomic E-state index is 13.1. The fourth-order valence-corrected chi connectivity index (χ4v) is 2.15. The number of anilines is 1. The van der Waals surface area contributed by atoms with Gasteiger partial charge in [0.25, 0.3) is 0 Å². The summed E-state index contributed by atoms with van der Waals surface area (Å²) in [6.07, 6.45) is 1.84. The highest BCUT2D eigenvalue weighted by Gasteiger charge is 2.06. The average molecular weight is 291 g/mol. The zero-order valence-electron chi connectivity index (χ0n) is 10.8.